The Balaban J connectivity index is 2.12. The molecule has 0 saturated heterocycles. The summed E-state index contributed by atoms with van der Waals surface area (Å²) in [6.07, 6.45) is 2.25. The van der Waals surface area contributed by atoms with E-state index < -0.39 is 14.4 Å². The van der Waals surface area contributed by atoms with Gasteiger partial charge in [0, 0.05) is 30.9 Å². The second-order valence-corrected chi connectivity index (χ2v) is 13.4. The molecule has 2 aromatic rings. The Morgan fingerprint density at radius 2 is 1.84 bits per heavy atom. The fourth-order valence-corrected chi connectivity index (χ4v) is 3.82. The van der Waals surface area contributed by atoms with Crippen LogP contribution in [-0.2, 0) is 17.9 Å². The van der Waals surface area contributed by atoms with Crippen LogP contribution in [0.15, 0.2) is 36.5 Å². The molecule has 0 saturated carbocycles. The number of hydrogen-bond donors (Lipinski definition) is 1. The number of aryl methyl sites for hydroxylation is 2. The van der Waals surface area contributed by atoms with Crippen molar-refractivity contribution >= 4 is 8.32 Å². The van der Waals surface area contributed by atoms with Gasteiger partial charge in [0.2, 0.25) is 0 Å². The Kier molecular flexibility index (Phi) is 5.97. The molecular weight excluding hydrogens is 326 g/mol. The highest BCUT2D eigenvalue weighted by Gasteiger charge is 2.37. The molecule has 138 valence electrons. The van der Waals surface area contributed by atoms with Crippen LogP contribution in [0.3, 0.4) is 0 Å². The van der Waals surface area contributed by atoms with Crippen LogP contribution in [0, 0.1) is 6.92 Å². The first kappa shape index (κ1) is 20.0. The Labute approximate surface area is 153 Å². The maximum Gasteiger partial charge on any atom is 0.192 e. The van der Waals surface area contributed by atoms with Gasteiger partial charge in [-0.15, -0.1) is 0 Å². The van der Waals surface area contributed by atoms with Crippen molar-refractivity contribution in [1.29, 1.82) is 0 Å². The van der Waals surface area contributed by atoms with Crippen molar-refractivity contribution in [2.45, 2.75) is 58.4 Å². The van der Waals surface area contributed by atoms with Crippen LogP contribution in [-0.4, -0.2) is 30.7 Å². The fourth-order valence-electron chi connectivity index (χ4n) is 2.78. The van der Waals surface area contributed by atoms with Gasteiger partial charge in [-0.05, 0) is 42.2 Å². The zero-order valence-electron chi connectivity index (χ0n) is 16.8. The minimum atomic E-state index is -1.83. The zero-order chi connectivity index (χ0) is 18.8. The molecule has 4 heteroatoms. The molecule has 1 aromatic heterocycles. The predicted molar refractivity (Wildman–Crippen MR) is 108 cm³/mol. The predicted octanol–water partition coefficient (Wildman–Crippen LogP) is 4.93. The normalized spacial score (nSPS) is 13.9. The smallest absolute Gasteiger partial charge is 0.192 e. The first-order valence-electron chi connectivity index (χ1n) is 9.04. The first-order valence-corrected chi connectivity index (χ1v) is 12.0. The van der Waals surface area contributed by atoms with Crippen molar-refractivity contribution in [1.82, 2.24) is 4.57 Å². The maximum atomic E-state index is 10.6. The molecule has 1 atom stereocenters. The fraction of sp³-hybridized carbons (Fsp3) is 0.524. The van der Waals surface area contributed by atoms with Gasteiger partial charge >= 0.3 is 0 Å². The number of nitrogens with zero attached hydrogens (tertiary/aromatic N) is 1. The molecule has 0 spiro atoms. The molecule has 0 amide bonds. The summed E-state index contributed by atoms with van der Waals surface area (Å²) >= 11 is 0. The quantitative estimate of drug-likeness (QED) is 0.742. The molecule has 0 bridgehead atoms. The van der Waals surface area contributed by atoms with Crippen LogP contribution in [0.4, 0.5) is 0 Å². The number of aliphatic hydroxyl groups excluding tert-OH is 1. The summed E-state index contributed by atoms with van der Waals surface area (Å²) in [4.78, 5) is 0. The number of rotatable bonds is 6. The summed E-state index contributed by atoms with van der Waals surface area (Å²) in [6, 6.07) is 10.5. The van der Waals surface area contributed by atoms with Crippen molar-refractivity contribution < 1.29 is 9.53 Å². The third-order valence-corrected chi connectivity index (χ3v) is 9.83. The van der Waals surface area contributed by atoms with E-state index in [1.165, 1.54) is 16.8 Å². The van der Waals surface area contributed by atoms with Gasteiger partial charge in [-0.25, -0.2) is 0 Å². The van der Waals surface area contributed by atoms with Gasteiger partial charge in [0.05, 0.1) is 12.7 Å². The molecule has 3 nitrogen and oxygen atoms in total. The van der Waals surface area contributed by atoms with Crippen molar-refractivity contribution in [2.75, 3.05) is 6.61 Å². The van der Waals surface area contributed by atoms with E-state index in [-0.39, 0.29) is 5.04 Å². The standard InChI is InChI=1S/C21H33NO2Si/c1-16-12-20(22(5)14-16)19-11-9-8-10-17(19)13-18(23)15-24-25(6,7)21(2,3)4/h8-12,14,18,23H,13,15H2,1-7H3. The topological polar surface area (TPSA) is 34.4 Å². The van der Waals surface area contributed by atoms with Crippen LogP contribution in [0.1, 0.15) is 31.9 Å². The van der Waals surface area contributed by atoms with Crippen molar-refractivity contribution in [3.8, 4) is 11.3 Å². The lowest BCUT2D eigenvalue weighted by molar-refractivity contribution is 0.100. The van der Waals surface area contributed by atoms with Gasteiger partial charge in [-0.1, -0.05) is 45.0 Å². The number of hydrogen-bond acceptors (Lipinski definition) is 2. The van der Waals surface area contributed by atoms with E-state index >= 15 is 0 Å². The summed E-state index contributed by atoms with van der Waals surface area (Å²) in [5.74, 6) is 0. The van der Waals surface area contributed by atoms with Gasteiger partial charge in [0.15, 0.2) is 8.32 Å². The molecule has 2 rings (SSSR count). The molecule has 1 aromatic carbocycles. The summed E-state index contributed by atoms with van der Waals surface area (Å²) in [7, 11) is 0.233. The summed E-state index contributed by atoms with van der Waals surface area (Å²) in [5.41, 5.74) is 4.78. The van der Waals surface area contributed by atoms with Crippen molar-refractivity contribution in [3.63, 3.8) is 0 Å². The highest BCUT2D eigenvalue weighted by Crippen LogP contribution is 2.36. The minimum Gasteiger partial charge on any atom is -0.414 e. The average molecular weight is 360 g/mol. The molecule has 0 radical (unpaired) electrons. The van der Waals surface area contributed by atoms with E-state index in [4.69, 9.17) is 4.43 Å². The Morgan fingerprint density at radius 3 is 2.40 bits per heavy atom. The van der Waals surface area contributed by atoms with Gasteiger partial charge in [0.25, 0.3) is 0 Å². The zero-order valence-corrected chi connectivity index (χ0v) is 17.8. The lowest BCUT2D eigenvalue weighted by atomic mass is 9.99. The van der Waals surface area contributed by atoms with Gasteiger partial charge < -0.3 is 14.1 Å². The maximum absolute atomic E-state index is 10.6. The van der Waals surface area contributed by atoms with Crippen LogP contribution in [0.25, 0.3) is 11.3 Å². The van der Waals surface area contributed by atoms with Crippen molar-refractivity contribution in [2.24, 2.45) is 7.05 Å². The second kappa shape index (κ2) is 7.48. The summed E-state index contributed by atoms with van der Waals surface area (Å²) in [5, 5.41) is 10.7. The number of aliphatic hydroxyl groups is 1. The highest BCUT2D eigenvalue weighted by molar-refractivity contribution is 6.74. The SMILES string of the molecule is Cc1cc(-c2ccccc2CC(O)CO[Si](C)(C)C(C)(C)C)n(C)c1. The van der Waals surface area contributed by atoms with Gasteiger partial charge in [-0.2, -0.15) is 0 Å². The summed E-state index contributed by atoms with van der Waals surface area (Å²) < 4.78 is 8.33. The van der Waals surface area contributed by atoms with E-state index in [1.807, 2.05) is 6.07 Å². The first-order chi connectivity index (χ1) is 11.5. The molecule has 0 aliphatic rings. The molecule has 0 aliphatic carbocycles. The Bertz CT molecular complexity index is 713. The van der Waals surface area contributed by atoms with Crippen LogP contribution >= 0.6 is 0 Å². The van der Waals surface area contributed by atoms with Crippen molar-refractivity contribution in [3.05, 3.63) is 47.7 Å². The van der Waals surface area contributed by atoms with Crippen LogP contribution < -0.4 is 0 Å². The Morgan fingerprint density at radius 1 is 1.20 bits per heavy atom. The van der Waals surface area contributed by atoms with Crippen LogP contribution in [0.5, 0.6) is 0 Å². The highest BCUT2D eigenvalue weighted by atomic mass is 28.4. The van der Waals surface area contributed by atoms with E-state index in [0.29, 0.717) is 13.0 Å². The minimum absolute atomic E-state index is 0.158. The van der Waals surface area contributed by atoms with E-state index in [0.717, 1.165) is 5.56 Å². The second-order valence-electron chi connectivity index (χ2n) is 8.60. The lowest BCUT2D eigenvalue weighted by Gasteiger charge is -2.36. The van der Waals surface area contributed by atoms with Gasteiger partial charge in [-0.3, -0.25) is 0 Å². The third kappa shape index (κ3) is 4.84. The van der Waals surface area contributed by atoms with E-state index in [1.54, 1.807) is 0 Å². The van der Waals surface area contributed by atoms with E-state index in [9.17, 15) is 5.11 Å². The van der Waals surface area contributed by atoms with E-state index in [2.05, 4.69) is 82.9 Å². The molecular formula is C21H33NO2Si. The Hall–Kier alpha value is -1.36. The number of benzene rings is 1. The average Bonchev–Trinajstić information content (AvgIpc) is 2.83. The molecule has 0 fully saturated rings. The molecule has 1 N–H and O–H groups in total. The summed E-state index contributed by atoms with van der Waals surface area (Å²) in [6.45, 7) is 13.6. The molecule has 25 heavy (non-hydrogen) atoms. The largest absolute Gasteiger partial charge is 0.414 e. The lowest BCUT2D eigenvalue weighted by Crippen LogP contribution is -2.42. The molecule has 0 aliphatic heterocycles. The van der Waals surface area contributed by atoms with Gasteiger partial charge in [0.1, 0.15) is 0 Å². The van der Waals surface area contributed by atoms with Crippen LogP contribution in [0.2, 0.25) is 18.1 Å². The molecule has 1 heterocycles. The number of aromatic nitrogens is 1. The monoisotopic (exact) mass is 359 g/mol. The third-order valence-electron chi connectivity index (χ3n) is 5.33. The molecule has 1 unspecified atom stereocenters.